The summed E-state index contributed by atoms with van der Waals surface area (Å²) in [6.07, 6.45) is 5.36. The number of amides is 1. The Kier molecular flexibility index (Phi) is 5.84. The van der Waals surface area contributed by atoms with Crippen molar-refractivity contribution in [3.8, 4) is 22.3 Å². The highest BCUT2D eigenvalue weighted by Crippen LogP contribution is 2.33. The average Bonchev–Trinajstić information content (AvgIpc) is 3.27. The van der Waals surface area contributed by atoms with Crippen LogP contribution < -0.4 is 4.90 Å². The maximum atomic E-state index is 12.2. The summed E-state index contributed by atoms with van der Waals surface area (Å²) < 4.78 is 0. The zero-order valence-electron chi connectivity index (χ0n) is 19.9. The second-order valence-electron chi connectivity index (χ2n) is 9.32. The van der Waals surface area contributed by atoms with E-state index in [1.165, 1.54) is 11.3 Å². The van der Waals surface area contributed by atoms with Crippen LogP contribution in [0.4, 0.5) is 5.69 Å². The lowest BCUT2D eigenvalue weighted by Crippen LogP contribution is -2.36. The second-order valence-corrected chi connectivity index (χ2v) is 9.32. The van der Waals surface area contributed by atoms with Crippen molar-refractivity contribution in [3.05, 3.63) is 72.1 Å². The number of nitrogens with zero attached hydrogens (tertiary/aromatic N) is 3. The van der Waals surface area contributed by atoms with E-state index in [4.69, 9.17) is 0 Å². The van der Waals surface area contributed by atoms with Crippen LogP contribution in [0.2, 0.25) is 0 Å². The Morgan fingerprint density at radius 2 is 1.74 bits per heavy atom. The van der Waals surface area contributed by atoms with Crippen LogP contribution in [0.15, 0.2) is 60.9 Å². The van der Waals surface area contributed by atoms with Crippen LogP contribution >= 0.6 is 0 Å². The first kappa shape index (κ1) is 22.2. The highest BCUT2D eigenvalue weighted by molar-refractivity contribution is 5.98. The van der Waals surface area contributed by atoms with Gasteiger partial charge in [-0.1, -0.05) is 18.2 Å². The van der Waals surface area contributed by atoms with Crippen molar-refractivity contribution < 1.29 is 9.90 Å². The number of carbonyl (C=O) groups is 1. The number of hydrogen-bond donors (Lipinski definition) is 2. The molecule has 5 rings (SSSR count). The molecule has 1 aliphatic heterocycles. The molecule has 1 fully saturated rings. The van der Waals surface area contributed by atoms with Crippen molar-refractivity contribution in [3.63, 3.8) is 0 Å². The number of nitrogens with one attached hydrogen (secondary N) is 1. The van der Waals surface area contributed by atoms with Crippen LogP contribution in [-0.2, 0) is 0 Å². The predicted octanol–water partition coefficient (Wildman–Crippen LogP) is 4.87. The summed E-state index contributed by atoms with van der Waals surface area (Å²) in [4.78, 5) is 24.1. The third kappa shape index (κ3) is 4.17. The molecular formula is C28H30N4O2. The summed E-state index contributed by atoms with van der Waals surface area (Å²) in [5.74, 6) is -0.00558. The number of rotatable bonds is 4. The molecule has 0 spiro atoms. The first-order chi connectivity index (χ1) is 16.4. The Labute approximate surface area is 199 Å². The maximum absolute atomic E-state index is 12.2. The molecule has 2 aromatic heterocycles. The Hall–Kier alpha value is -3.64. The van der Waals surface area contributed by atoms with Gasteiger partial charge in [-0.05, 0) is 66.8 Å². The van der Waals surface area contributed by atoms with Gasteiger partial charge in [0.05, 0.1) is 6.10 Å². The van der Waals surface area contributed by atoms with Gasteiger partial charge in [0.2, 0.25) is 0 Å². The minimum Gasteiger partial charge on any atom is -0.393 e. The van der Waals surface area contributed by atoms with Crippen molar-refractivity contribution in [1.82, 2.24) is 14.9 Å². The van der Waals surface area contributed by atoms with Gasteiger partial charge in [0.1, 0.15) is 5.65 Å². The number of H-pyrrole nitrogens is 1. The fourth-order valence-corrected chi connectivity index (χ4v) is 4.75. The Bertz CT molecular complexity index is 1330. The summed E-state index contributed by atoms with van der Waals surface area (Å²) in [5, 5.41) is 10.9. The fourth-order valence-electron chi connectivity index (χ4n) is 4.75. The number of anilines is 1. The van der Waals surface area contributed by atoms with E-state index in [2.05, 4.69) is 46.1 Å². The number of benzene rings is 2. The molecule has 0 atom stereocenters. The van der Waals surface area contributed by atoms with E-state index < -0.39 is 0 Å². The van der Waals surface area contributed by atoms with Gasteiger partial charge < -0.3 is 19.9 Å². The van der Waals surface area contributed by atoms with Gasteiger partial charge in [-0.15, -0.1) is 0 Å². The predicted molar refractivity (Wildman–Crippen MR) is 137 cm³/mol. The highest BCUT2D eigenvalue weighted by atomic mass is 16.3. The van der Waals surface area contributed by atoms with E-state index in [9.17, 15) is 9.90 Å². The molecule has 0 bridgehead atoms. The molecule has 1 saturated heterocycles. The topological polar surface area (TPSA) is 72.5 Å². The Balaban J connectivity index is 1.45. The molecule has 6 heteroatoms. The van der Waals surface area contributed by atoms with Crippen molar-refractivity contribution >= 4 is 22.6 Å². The zero-order valence-corrected chi connectivity index (χ0v) is 19.9. The van der Waals surface area contributed by atoms with E-state index in [0.29, 0.717) is 5.56 Å². The number of pyridine rings is 1. The summed E-state index contributed by atoms with van der Waals surface area (Å²) in [6.45, 7) is 3.93. The molecule has 6 nitrogen and oxygen atoms in total. The van der Waals surface area contributed by atoms with Crippen LogP contribution in [0.3, 0.4) is 0 Å². The maximum Gasteiger partial charge on any atom is 0.253 e. The summed E-state index contributed by atoms with van der Waals surface area (Å²) >= 11 is 0. The van der Waals surface area contributed by atoms with Crippen molar-refractivity contribution in [2.45, 2.75) is 25.9 Å². The third-order valence-electron chi connectivity index (χ3n) is 6.72. The van der Waals surface area contributed by atoms with Crippen molar-refractivity contribution in [1.29, 1.82) is 0 Å². The summed E-state index contributed by atoms with van der Waals surface area (Å²) in [5.41, 5.74) is 8.28. The Morgan fingerprint density at radius 1 is 1.03 bits per heavy atom. The van der Waals surface area contributed by atoms with E-state index in [1.54, 1.807) is 19.0 Å². The molecule has 0 aliphatic carbocycles. The standard InChI is InChI=1S/C28H30N4O2/c1-18-14-21(8-9-26(18)32-12-10-23(33)11-13-32)22-15-24-25(17-30-27(24)29-16-22)19-4-6-20(7-5-19)28(34)31(2)3/h4-9,14-17,23,33H,10-13H2,1-3H3,(H,29,30). The van der Waals surface area contributed by atoms with Crippen LogP contribution in [0.25, 0.3) is 33.3 Å². The van der Waals surface area contributed by atoms with Gasteiger partial charge >= 0.3 is 0 Å². The molecule has 1 amide bonds. The van der Waals surface area contributed by atoms with E-state index >= 15 is 0 Å². The Morgan fingerprint density at radius 3 is 2.41 bits per heavy atom. The quantitative estimate of drug-likeness (QED) is 0.462. The molecule has 3 heterocycles. The third-order valence-corrected chi connectivity index (χ3v) is 6.72. The number of aliphatic hydroxyl groups excluding tert-OH is 1. The lowest BCUT2D eigenvalue weighted by atomic mass is 9.99. The molecule has 174 valence electrons. The van der Waals surface area contributed by atoms with E-state index in [1.807, 2.05) is 36.7 Å². The van der Waals surface area contributed by atoms with Gasteiger partial charge in [0.25, 0.3) is 5.91 Å². The van der Waals surface area contributed by atoms with Gasteiger partial charge in [-0.2, -0.15) is 0 Å². The van der Waals surface area contributed by atoms with Crippen LogP contribution in [0, 0.1) is 6.92 Å². The molecule has 2 aromatic carbocycles. The first-order valence-corrected chi connectivity index (χ1v) is 11.7. The zero-order chi connectivity index (χ0) is 23.8. The number of hydrogen-bond acceptors (Lipinski definition) is 4. The number of aromatic amines is 1. The number of aryl methyl sites for hydroxylation is 1. The normalized spacial score (nSPS) is 14.5. The second kappa shape index (κ2) is 8.95. The monoisotopic (exact) mass is 454 g/mol. The van der Waals surface area contributed by atoms with Crippen LogP contribution in [-0.4, -0.2) is 59.2 Å². The van der Waals surface area contributed by atoms with Crippen LogP contribution in [0.1, 0.15) is 28.8 Å². The van der Waals surface area contributed by atoms with E-state index in [-0.39, 0.29) is 12.0 Å². The fraction of sp³-hybridized carbons (Fsp3) is 0.286. The molecule has 4 aromatic rings. The van der Waals surface area contributed by atoms with E-state index in [0.717, 1.165) is 59.2 Å². The van der Waals surface area contributed by atoms with Gasteiger partial charge in [0.15, 0.2) is 0 Å². The molecular weight excluding hydrogens is 424 g/mol. The summed E-state index contributed by atoms with van der Waals surface area (Å²) in [7, 11) is 3.52. The highest BCUT2D eigenvalue weighted by Gasteiger charge is 2.19. The largest absolute Gasteiger partial charge is 0.393 e. The van der Waals surface area contributed by atoms with Crippen LogP contribution in [0.5, 0.6) is 0 Å². The minimum absolute atomic E-state index is 0.00558. The first-order valence-electron chi connectivity index (χ1n) is 11.7. The minimum atomic E-state index is -0.172. The number of aromatic nitrogens is 2. The van der Waals surface area contributed by atoms with Crippen molar-refractivity contribution in [2.75, 3.05) is 32.1 Å². The smallest absolute Gasteiger partial charge is 0.253 e. The SMILES string of the molecule is Cc1cc(-c2cnc3[nH]cc(-c4ccc(C(=O)N(C)C)cc4)c3c2)ccc1N1CCC(O)CC1. The summed E-state index contributed by atoms with van der Waals surface area (Å²) in [6, 6.07) is 16.5. The molecule has 1 aliphatic rings. The van der Waals surface area contributed by atoms with Crippen molar-refractivity contribution in [2.24, 2.45) is 0 Å². The lowest BCUT2D eigenvalue weighted by molar-refractivity contribution is 0.0827. The average molecular weight is 455 g/mol. The number of carbonyl (C=O) groups excluding carboxylic acids is 1. The molecule has 34 heavy (non-hydrogen) atoms. The molecule has 0 radical (unpaired) electrons. The molecule has 0 unspecified atom stereocenters. The number of aliphatic hydroxyl groups is 1. The number of fused-ring (bicyclic) bond motifs is 1. The van der Waals surface area contributed by atoms with Gasteiger partial charge in [0, 0.05) is 67.3 Å². The number of piperidine rings is 1. The van der Waals surface area contributed by atoms with Gasteiger partial charge in [-0.25, -0.2) is 4.98 Å². The van der Waals surface area contributed by atoms with Gasteiger partial charge in [-0.3, -0.25) is 4.79 Å². The lowest BCUT2D eigenvalue weighted by Gasteiger charge is -2.32. The molecule has 0 saturated carbocycles. The molecule has 2 N–H and O–H groups in total.